The first-order valence-electron chi connectivity index (χ1n) is 18.6. The summed E-state index contributed by atoms with van der Waals surface area (Å²) < 4.78 is 2.42. The van der Waals surface area contributed by atoms with E-state index < -0.39 is 0 Å². The molecular formula is C51H32N4. The second-order valence-electron chi connectivity index (χ2n) is 14.1. The number of para-hydroxylation sites is 2. The lowest BCUT2D eigenvalue weighted by atomic mass is 9.98. The van der Waals surface area contributed by atoms with Gasteiger partial charge in [0.05, 0.1) is 16.6 Å². The number of nitrogens with zero attached hydrogens (tertiary/aromatic N) is 4. The smallest absolute Gasteiger partial charge is 0.164 e. The lowest BCUT2D eigenvalue weighted by molar-refractivity contribution is 1.07. The van der Waals surface area contributed by atoms with Gasteiger partial charge in [0.15, 0.2) is 17.5 Å². The fourth-order valence-electron chi connectivity index (χ4n) is 8.10. The Balaban J connectivity index is 1.05. The molecule has 0 spiro atoms. The van der Waals surface area contributed by atoms with E-state index in [9.17, 15) is 0 Å². The Labute approximate surface area is 318 Å². The van der Waals surface area contributed by atoms with Crippen molar-refractivity contribution in [3.8, 4) is 67.5 Å². The number of aromatic nitrogens is 4. The molecule has 0 fully saturated rings. The van der Waals surface area contributed by atoms with Gasteiger partial charge in [0.1, 0.15) is 0 Å². The Morgan fingerprint density at radius 2 is 0.636 bits per heavy atom. The summed E-state index contributed by atoms with van der Waals surface area (Å²) in [7, 11) is 0. The van der Waals surface area contributed by atoms with Crippen molar-refractivity contribution in [1.29, 1.82) is 0 Å². The van der Waals surface area contributed by atoms with Crippen LogP contribution in [0.3, 0.4) is 0 Å². The molecule has 4 heteroatoms. The monoisotopic (exact) mass is 700 g/mol. The van der Waals surface area contributed by atoms with Gasteiger partial charge in [-0.3, -0.25) is 0 Å². The van der Waals surface area contributed by atoms with Crippen molar-refractivity contribution in [3.05, 3.63) is 194 Å². The molecule has 8 aromatic carbocycles. The lowest BCUT2D eigenvalue weighted by Crippen LogP contribution is -2.00. The van der Waals surface area contributed by atoms with Gasteiger partial charge in [-0.05, 0) is 63.7 Å². The fraction of sp³-hybridized carbons (Fsp3) is 0. The molecule has 4 nitrogen and oxygen atoms in total. The van der Waals surface area contributed by atoms with Crippen LogP contribution in [0.4, 0.5) is 0 Å². The van der Waals surface area contributed by atoms with Crippen LogP contribution in [0.15, 0.2) is 194 Å². The summed E-state index contributed by atoms with van der Waals surface area (Å²) in [4.78, 5) is 15.3. The van der Waals surface area contributed by atoms with Crippen molar-refractivity contribution in [2.45, 2.75) is 0 Å². The van der Waals surface area contributed by atoms with E-state index in [0.29, 0.717) is 17.5 Å². The summed E-state index contributed by atoms with van der Waals surface area (Å²) in [5.74, 6) is 1.90. The third-order valence-corrected chi connectivity index (χ3v) is 10.8. The van der Waals surface area contributed by atoms with Crippen LogP contribution in [0.2, 0.25) is 0 Å². The molecule has 0 saturated heterocycles. The van der Waals surface area contributed by atoms with Gasteiger partial charge in [-0.25, -0.2) is 15.0 Å². The molecule has 256 valence electrons. The zero-order valence-corrected chi connectivity index (χ0v) is 29.8. The largest absolute Gasteiger partial charge is 0.308 e. The van der Waals surface area contributed by atoms with E-state index >= 15 is 0 Å². The van der Waals surface area contributed by atoms with Gasteiger partial charge >= 0.3 is 0 Å². The molecule has 0 saturated carbocycles. The van der Waals surface area contributed by atoms with E-state index in [1.807, 2.05) is 12.1 Å². The van der Waals surface area contributed by atoms with Crippen LogP contribution in [-0.4, -0.2) is 19.4 Å². The third-order valence-electron chi connectivity index (χ3n) is 10.8. The normalized spacial score (nSPS) is 11.6. The Hall–Kier alpha value is -7.43. The molecule has 0 aliphatic carbocycles. The zero-order chi connectivity index (χ0) is 36.3. The van der Waals surface area contributed by atoms with Gasteiger partial charge in [0.25, 0.3) is 0 Å². The lowest BCUT2D eigenvalue weighted by Gasteiger charge is -2.11. The van der Waals surface area contributed by atoms with Gasteiger partial charge in [0, 0.05) is 38.2 Å². The number of hydrogen-bond donors (Lipinski definition) is 0. The molecular weight excluding hydrogens is 669 g/mol. The first-order valence-corrected chi connectivity index (χ1v) is 18.6. The van der Waals surface area contributed by atoms with Crippen LogP contribution in [0.5, 0.6) is 0 Å². The molecule has 55 heavy (non-hydrogen) atoms. The maximum absolute atomic E-state index is 5.13. The maximum atomic E-state index is 5.13. The average Bonchev–Trinajstić information content (AvgIpc) is 3.79. The highest BCUT2D eigenvalue weighted by Gasteiger charge is 2.19. The van der Waals surface area contributed by atoms with Crippen molar-refractivity contribution >= 4 is 38.1 Å². The highest BCUT2D eigenvalue weighted by Crippen LogP contribution is 2.42. The van der Waals surface area contributed by atoms with E-state index in [2.05, 4.69) is 186 Å². The van der Waals surface area contributed by atoms with Crippen molar-refractivity contribution < 1.29 is 0 Å². The number of hydrogen-bond acceptors (Lipinski definition) is 3. The minimum absolute atomic E-state index is 0.633. The number of benzene rings is 8. The van der Waals surface area contributed by atoms with Crippen molar-refractivity contribution in [1.82, 2.24) is 19.4 Å². The average molecular weight is 701 g/mol. The molecule has 0 amide bonds. The topological polar surface area (TPSA) is 43.1 Å². The van der Waals surface area contributed by atoms with Crippen LogP contribution in [0.1, 0.15) is 0 Å². The Morgan fingerprint density at radius 1 is 0.255 bits per heavy atom. The van der Waals surface area contributed by atoms with Crippen molar-refractivity contribution in [2.24, 2.45) is 0 Å². The fourth-order valence-corrected chi connectivity index (χ4v) is 8.10. The highest BCUT2D eigenvalue weighted by atomic mass is 15.0. The number of fused-ring (bicyclic) bond motifs is 6. The number of rotatable bonds is 6. The van der Waals surface area contributed by atoms with E-state index in [-0.39, 0.29) is 0 Å². The summed E-state index contributed by atoms with van der Waals surface area (Å²) in [6.45, 7) is 0. The molecule has 0 unspecified atom stereocenters. The molecule has 11 rings (SSSR count). The van der Waals surface area contributed by atoms with Crippen LogP contribution < -0.4 is 0 Å². The molecule has 0 aliphatic rings. The van der Waals surface area contributed by atoms with E-state index in [1.165, 1.54) is 49.2 Å². The molecule has 11 aromatic rings. The molecule has 0 N–H and O–H groups in total. The van der Waals surface area contributed by atoms with Crippen molar-refractivity contribution in [3.63, 3.8) is 0 Å². The van der Waals surface area contributed by atoms with Gasteiger partial charge in [-0.1, -0.05) is 164 Å². The van der Waals surface area contributed by atoms with Crippen molar-refractivity contribution in [2.75, 3.05) is 0 Å². The Morgan fingerprint density at radius 3 is 1.15 bits per heavy atom. The molecule has 3 aromatic heterocycles. The van der Waals surface area contributed by atoms with Gasteiger partial charge in [-0.2, -0.15) is 0 Å². The first kappa shape index (κ1) is 31.1. The first-order chi connectivity index (χ1) is 27.2. The standard InChI is InChI=1S/C51H32N4/c1-3-12-33(13-4-1)35-22-26-37(27-23-35)49-52-50(38-28-24-36(25-29-38)34-14-5-2-6-15-34)54-51(53-49)40-17-11-16-39(30-40)41-31-44-42-18-7-9-20-46(42)55-47-21-10-8-19-43(47)45(32-41)48(44)55/h1-32H. The molecule has 0 bridgehead atoms. The third kappa shape index (κ3) is 5.26. The van der Waals surface area contributed by atoms with Crippen LogP contribution in [0, 0.1) is 0 Å². The zero-order valence-electron chi connectivity index (χ0n) is 29.8. The Kier molecular flexibility index (Phi) is 7.14. The van der Waals surface area contributed by atoms with Gasteiger partial charge < -0.3 is 4.40 Å². The quantitative estimate of drug-likeness (QED) is 0.173. The second-order valence-corrected chi connectivity index (χ2v) is 14.1. The molecule has 0 atom stereocenters. The molecule has 0 radical (unpaired) electrons. The highest BCUT2D eigenvalue weighted by molar-refractivity contribution is 6.24. The summed E-state index contributed by atoms with van der Waals surface area (Å²) in [6.07, 6.45) is 0. The Bertz CT molecular complexity index is 2980. The van der Waals surface area contributed by atoms with Gasteiger partial charge in [0.2, 0.25) is 0 Å². The SMILES string of the molecule is c1ccc(-c2ccc(-c3nc(-c4ccc(-c5ccccc5)cc4)nc(-c4cccc(-c5cc6c7ccccc7n7c8ccccc8c(c5)c67)c4)n3)cc2)cc1. The summed E-state index contributed by atoms with van der Waals surface area (Å²) in [5, 5.41) is 5.03. The molecule has 3 heterocycles. The van der Waals surface area contributed by atoms with E-state index in [0.717, 1.165) is 38.9 Å². The van der Waals surface area contributed by atoms with Gasteiger partial charge in [-0.15, -0.1) is 0 Å². The van der Waals surface area contributed by atoms with E-state index in [4.69, 9.17) is 15.0 Å². The maximum Gasteiger partial charge on any atom is 0.164 e. The summed E-state index contributed by atoms with van der Waals surface area (Å²) >= 11 is 0. The predicted molar refractivity (Wildman–Crippen MR) is 227 cm³/mol. The summed E-state index contributed by atoms with van der Waals surface area (Å²) in [6, 6.07) is 68.5. The van der Waals surface area contributed by atoms with E-state index in [1.54, 1.807) is 0 Å². The summed E-state index contributed by atoms with van der Waals surface area (Å²) in [5.41, 5.74) is 13.4. The second kappa shape index (κ2) is 12.6. The minimum atomic E-state index is 0.633. The van der Waals surface area contributed by atoms with Crippen LogP contribution in [0.25, 0.3) is 106 Å². The minimum Gasteiger partial charge on any atom is -0.308 e. The van der Waals surface area contributed by atoms with Crippen LogP contribution in [-0.2, 0) is 0 Å². The predicted octanol–water partition coefficient (Wildman–Crippen LogP) is 13.0. The van der Waals surface area contributed by atoms with Crippen LogP contribution >= 0.6 is 0 Å². The molecule has 0 aliphatic heterocycles.